The van der Waals surface area contributed by atoms with Crippen molar-refractivity contribution in [1.82, 2.24) is 9.88 Å². The van der Waals surface area contributed by atoms with Gasteiger partial charge in [-0.3, -0.25) is 14.0 Å². The highest BCUT2D eigenvalue weighted by Gasteiger charge is 2.29. The fourth-order valence-electron chi connectivity index (χ4n) is 4.87. The Balaban J connectivity index is 1.45. The number of carbonyl (C=O) groups is 1. The van der Waals surface area contributed by atoms with Gasteiger partial charge in [0.15, 0.2) is 5.13 Å². The molecule has 7 nitrogen and oxygen atoms in total. The van der Waals surface area contributed by atoms with Crippen LogP contribution in [0, 0.1) is 13.8 Å². The number of amides is 1. The monoisotopic (exact) mass is 548 g/mol. The minimum Gasteiger partial charge on any atom is -0.308 e. The summed E-state index contributed by atoms with van der Waals surface area (Å²) in [6, 6.07) is 18.1. The number of para-hydroxylation sites is 1. The zero-order valence-electron chi connectivity index (χ0n) is 22.1. The molecule has 1 aliphatic rings. The number of likely N-dealkylation sites (N-methyl/N-ethyl adjacent to an activating group) is 1. The molecule has 1 amide bonds. The van der Waals surface area contributed by atoms with Crippen molar-refractivity contribution in [1.29, 1.82) is 0 Å². The topological polar surface area (TPSA) is 73.8 Å². The van der Waals surface area contributed by atoms with Crippen molar-refractivity contribution >= 4 is 48.3 Å². The predicted molar refractivity (Wildman–Crippen MR) is 155 cm³/mol. The molecule has 9 heteroatoms. The molecular weight excluding hydrogens is 516 g/mol. The maximum absolute atomic E-state index is 13.7. The molecule has 0 spiro atoms. The summed E-state index contributed by atoms with van der Waals surface area (Å²) in [4.78, 5) is 22.4. The zero-order chi connectivity index (χ0) is 27.0. The summed E-state index contributed by atoms with van der Waals surface area (Å²) >= 11 is 1.51. The minimum absolute atomic E-state index is 0.177. The summed E-state index contributed by atoms with van der Waals surface area (Å²) in [7, 11) is 0.184. The summed E-state index contributed by atoms with van der Waals surface area (Å²) in [5.74, 6) is -0.201. The van der Waals surface area contributed by atoms with E-state index in [0.29, 0.717) is 30.3 Å². The Bertz CT molecular complexity index is 1590. The molecule has 3 aromatic carbocycles. The van der Waals surface area contributed by atoms with Crippen LogP contribution in [-0.2, 0) is 16.4 Å². The number of carbonyl (C=O) groups excluding carboxylic acids is 1. The number of nitrogens with zero attached hydrogens (tertiary/aromatic N) is 4. The van der Waals surface area contributed by atoms with E-state index in [2.05, 4.69) is 13.0 Å². The molecule has 0 atom stereocenters. The highest BCUT2D eigenvalue weighted by Crippen LogP contribution is 2.34. The zero-order valence-corrected chi connectivity index (χ0v) is 23.8. The molecule has 1 aromatic heterocycles. The lowest BCUT2D eigenvalue weighted by Gasteiger charge is -2.30. The van der Waals surface area contributed by atoms with Crippen molar-refractivity contribution in [3.63, 3.8) is 0 Å². The lowest BCUT2D eigenvalue weighted by atomic mass is 10.0. The van der Waals surface area contributed by atoms with Crippen LogP contribution < -0.4 is 9.21 Å². The molecule has 1 aliphatic heterocycles. The highest BCUT2D eigenvalue weighted by molar-refractivity contribution is 7.92. The molecule has 0 bridgehead atoms. The molecule has 38 heavy (non-hydrogen) atoms. The smallest absolute Gasteiger partial charge is 0.264 e. The summed E-state index contributed by atoms with van der Waals surface area (Å²) in [5.41, 5.74) is 5.34. The number of hydrogen-bond acceptors (Lipinski definition) is 6. The van der Waals surface area contributed by atoms with Crippen LogP contribution in [0.25, 0.3) is 10.2 Å². The molecule has 4 aromatic rings. The van der Waals surface area contributed by atoms with Gasteiger partial charge in [-0.2, -0.15) is 0 Å². The molecule has 0 fully saturated rings. The second-order valence-electron chi connectivity index (χ2n) is 10.0. The SMILES string of the molecule is Cc1cc(C)c2sc(N(CCN(C)C)C(=O)c3ccc(S(=O)(=O)N4CCCc5ccccc54)cc3)nc2c1. The average molecular weight is 549 g/mol. The number of anilines is 2. The fraction of sp³-hybridized carbons (Fsp3) is 0.310. The van der Waals surface area contributed by atoms with Gasteiger partial charge < -0.3 is 4.90 Å². The van der Waals surface area contributed by atoms with Gasteiger partial charge in [0.25, 0.3) is 15.9 Å². The number of thiazole rings is 1. The van der Waals surface area contributed by atoms with Gasteiger partial charge in [-0.05, 0) is 93.9 Å². The molecule has 0 unspecified atom stereocenters. The van der Waals surface area contributed by atoms with Crippen molar-refractivity contribution in [2.75, 3.05) is 42.9 Å². The average Bonchev–Trinajstić information content (AvgIpc) is 3.32. The first-order valence-corrected chi connectivity index (χ1v) is 15.0. The van der Waals surface area contributed by atoms with Crippen LogP contribution in [0.15, 0.2) is 65.6 Å². The van der Waals surface area contributed by atoms with E-state index in [1.165, 1.54) is 27.8 Å². The summed E-state index contributed by atoms with van der Waals surface area (Å²) in [6.45, 7) is 5.67. The Hall–Kier alpha value is -3.27. The van der Waals surface area contributed by atoms with Gasteiger partial charge in [-0.1, -0.05) is 35.6 Å². The Morgan fingerprint density at radius 3 is 2.50 bits per heavy atom. The van der Waals surface area contributed by atoms with Gasteiger partial charge >= 0.3 is 0 Å². The first kappa shape index (κ1) is 26.3. The lowest BCUT2D eigenvalue weighted by molar-refractivity contribution is 0.0985. The Labute approximate surface area is 228 Å². The first-order valence-electron chi connectivity index (χ1n) is 12.7. The van der Waals surface area contributed by atoms with Gasteiger partial charge in [-0.15, -0.1) is 0 Å². The molecule has 0 N–H and O–H groups in total. The van der Waals surface area contributed by atoms with E-state index in [1.807, 2.05) is 56.3 Å². The van der Waals surface area contributed by atoms with Crippen molar-refractivity contribution in [2.24, 2.45) is 0 Å². The summed E-state index contributed by atoms with van der Waals surface area (Å²) in [5, 5.41) is 0.641. The van der Waals surface area contributed by atoms with Crippen LogP contribution in [0.3, 0.4) is 0 Å². The van der Waals surface area contributed by atoms with E-state index in [0.717, 1.165) is 45.4 Å². The first-order chi connectivity index (χ1) is 18.1. The van der Waals surface area contributed by atoms with E-state index in [-0.39, 0.29) is 10.8 Å². The van der Waals surface area contributed by atoms with Crippen molar-refractivity contribution < 1.29 is 13.2 Å². The molecule has 0 saturated heterocycles. The number of rotatable bonds is 7. The molecule has 0 aliphatic carbocycles. The third kappa shape index (κ3) is 5.06. The van der Waals surface area contributed by atoms with Gasteiger partial charge in [0.05, 0.1) is 20.8 Å². The Morgan fingerprint density at radius 2 is 1.76 bits per heavy atom. The minimum atomic E-state index is -3.75. The molecule has 2 heterocycles. The molecule has 0 saturated carbocycles. The van der Waals surface area contributed by atoms with Gasteiger partial charge in [0.2, 0.25) is 0 Å². The molecule has 5 rings (SSSR count). The Kier molecular flexibility index (Phi) is 7.26. The van der Waals surface area contributed by atoms with Crippen LogP contribution >= 0.6 is 11.3 Å². The molecule has 198 valence electrons. The normalized spacial score (nSPS) is 13.7. The number of aromatic nitrogens is 1. The van der Waals surface area contributed by atoms with Crippen LogP contribution in [0.5, 0.6) is 0 Å². The van der Waals surface area contributed by atoms with Gasteiger partial charge in [0, 0.05) is 25.2 Å². The van der Waals surface area contributed by atoms with E-state index in [9.17, 15) is 13.2 Å². The fourth-order valence-corrected chi connectivity index (χ4v) is 7.45. The number of hydrogen-bond donors (Lipinski definition) is 0. The number of benzene rings is 3. The quantitative estimate of drug-likeness (QED) is 0.315. The van der Waals surface area contributed by atoms with E-state index < -0.39 is 10.0 Å². The number of aryl methyl sites for hydroxylation is 3. The number of fused-ring (bicyclic) bond motifs is 2. The largest absolute Gasteiger partial charge is 0.308 e. The second kappa shape index (κ2) is 10.5. The lowest BCUT2D eigenvalue weighted by Crippen LogP contribution is -2.37. The third-order valence-corrected chi connectivity index (χ3v) is 9.87. The van der Waals surface area contributed by atoms with E-state index >= 15 is 0 Å². The standard InChI is InChI=1S/C29H32N4O3S2/c1-20-18-21(2)27-25(19-20)30-29(37-27)32(17-16-31(3)4)28(34)23-11-13-24(14-12-23)38(35,36)33-15-7-9-22-8-5-6-10-26(22)33/h5-6,8,10-14,18-19H,7,9,15-17H2,1-4H3. The van der Waals surface area contributed by atoms with Gasteiger partial charge in [0.1, 0.15) is 0 Å². The maximum Gasteiger partial charge on any atom is 0.264 e. The van der Waals surface area contributed by atoms with E-state index in [1.54, 1.807) is 17.0 Å². The van der Waals surface area contributed by atoms with E-state index in [4.69, 9.17) is 4.98 Å². The summed E-state index contributed by atoms with van der Waals surface area (Å²) in [6.07, 6.45) is 1.64. The Morgan fingerprint density at radius 1 is 1.03 bits per heavy atom. The molecular formula is C29H32N4O3S2. The third-order valence-electron chi connectivity index (χ3n) is 6.81. The number of sulfonamides is 1. The maximum atomic E-state index is 13.7. The van der Waals surface area contributed by atoms with Crippen LogP contribution in [0.4, 0.5) is 10.8 Å². The predicted octanol–water partition coefficient (Wildman–Crippen LogP) is 5.26. The summed E-state index contributed by atoms with van der Waals surface area (Å²) < 4.78 is 29.6. The van der Waals surface area contributed by atoms with Crippen molar-refractivity contribution in [3.05, 3.63) is 82.9 Å². The van der Waals surface area contributed by atoms with Crippen LogP contribution in [0.2, 0.25) is 0 Å². The highest BCUT2D eigenvalue weighted by atomic mass is 32.2. The van der Waals surface area contributed by atoms with Crippen molar-refractivity contribution in [2.45, 2.75) is 31.6 Å². The van der Waals surface area contributed by atoms with Crippen molar-refractivity contribution in [3.8, 4) is 0 Å². The van der Waals surface area contributed by atoms with Crippen LogP contribution in [-0.4, -0.2) is 57.9 Å². The van der Waals surface area contributed by atoms with Crippen LogP contribution in [0.1, 0.15) is 33.5 Å². The van der Waals surface area contributed by atoms with Gasteiger partial charge in [-0.25, -0.2) is 13.4 Å². The molecule has 0 radical (unpaired) electrons. The second-order valence-corrected chi connectivity index (χ2v) is 12.9.